The van der Waals surface area contributed by atoms with Gasteiger partial charge in [-0.15, -0.1) is 0 Å². The molecule has 0 amide bonds. The zero-order valence-corrected chi connectivity index (χ0v) is 10.4. The molecule has 0 heterocycles. The first-order chi connectivity index (χ1) is 9.71. The third kappa shape index (κ3) is 2.39. The van der Waals surface area contributed by atoms with Crippen LogP contribution in [0.1, 0.15) is 11.1 Å². The molecule has 0 fully saturated rings. The number of rotatable bonds is 2. The van der Waals surface area contributed by atoms with Gasteiger partial charge in [0, 0.05) is 0 Å². The van der Waals surface area contributed by atoms with Crippen LogP contribution in [0.3, 0.4) is 0 Å². The van der Waals surface area contributed by atoms with Gasteiger partial charge in [-0.2, -0.15) is 26.3 Å². The van der Waals surface area contributed by atoms with E-state index in [9.17, 15) is 26.3 Å². The van der Waals surface area contributed by atoms with Crippen LogP contribution in [0.2, 0.25) is 0 Å². The van der Waals surface area contributed by atoms with Gasteiger partial charge in [-0.1, -0.05) is 48.5 Å². The quantitative estimate of drug-likeness (QED) is 0.706. The molecule has 0 aromatic heterocycles. The molecule has 0 aliphatic carbocycles. The van der Waals surface area contributed by atoms with Crippen LogP contribution in [0, 0.1) is 12.1 Å². The van der Waals surface area contributed by atoms with Gasteiger partial charge in [-0.25, -0.2) is 0 Å². The van der Waals surface area contributed by atoms with Crippen molar-refractivity contribution in [1.82, 2.24) is 0 Å². The molecule has 2 aromatic carbocycles. The average molecular weight is 302 g/mol. The fourth-order valence-electron chi connectivity index (χ4n) is 2.17. The molecule has 21 heavy (non-hydrogen) atoms. The molecule has 0 saturated heterocycles. The minimum Gasteiger partial charge on any atom is -0.169 e. The predicted octanol–water partition coefficient (Wildman–Crippen LogP) is 4.70. The Kier molecular flexibility index (Phi) is 3.74. The van der Waals surface area contributed by atoms with Crippen LogP contribution >= 0.6 is 0 Å². The Bertz CT molecular complexity index is 528. The summed E-state index contributed by atoms with van der Waals surface area (Å²) in [6, 6.07) is 12.5. The van der Waals surface area contributed by atoms with Gasteiger partial charge >= 0.3 is 12.4 Å². The fourth-order valence-corrected chi connectivity index (χ4v) is 2.17. The topological polar surface area (TPSA) is 0 Å². The van der Waals surface area contributed by atoms with E-state index in [0.29, 0.717) is 0 Å². The van der Waals surface area contributed by atoms with E-state index in [0.717, 1.165) is 36.4 Å². The molecule has 2 aromatic rings. The first-order valence-corrected chi connectivity index (χ1v) is 5.79. The molecule has 0 unspecified atom stereocenters. The minimum absolute atomic E-state index is 0.766. The van der Waals surface area contributed by atoms with Crippen LogP contribution in [-0.4, -0.2) is 12.4 Å². The minimum atomic E-state index is -5.58. The number of benzene rings is 2. The van der Waals surface area contributed by atoms with Crippen LogP contribution in [0.25, 0.3) is 0 Å². The molecule has 0 nitrogen and oxygen atoms in total. The largest absolute Gasteiger partial charge is 0.411 e. The van der Waals surface area contributed by atoms with Crippen molar-refractivity contribution in [1.29, 1.82) is 0 Å². The maximum absolute atomic E-state index is 13.5. The molecule has 0 saturated carbocycles. The van der Waals surface area contributed by atoms with E-state index in [1.165, 1.54) is 12.1 Å². The highest BCUT2D eigenvalue weighted by Crippen LogP contribution is 2.55. The summed E-state index contributed by atoms with van der Waals surface area (Å²) in [7, 11) is 0. The first kappa shape index (κ1) is 15.4. The van der Waals surface area contributed by atoms with Crippen LogP contribution in [0.4, 0.5) is 26.3 Å². The molecular weight excluding hydrogens is 294 g/mol. The highest BCUT2D eigenvalue weighted by atomic mass is 19.4. The van der Waals surface area contributed by atoms with Gasteiger partial charge in [0.1, 0.15) is 0 Å². The zero-order chi connectivity index (χ0) is 15.7. The molecule has 0 aliphatic heterocycles. The van der Waals surface area contributed by atoms with Crippen molar-refractivity contribution >= 4 is 0 Å². The monoisotopic (exact) mass is 302 g/mol. The van der Waals surface area contributed by atoms with Crippen molar-refractivity contribution < 1.29 is 26.3 Å². The SMILES string of the molecule is FC(F)(F)C(c1[c]cccc1)(c1[c]cccc1)C(F)(F)F. The van der Waals surface area contributed by atoms with Gasteiger partial charge in [0.15, 0.2) is 0 Å². The molecule has 0 atom stereocenters. The molecule has 110 valence electrons. The summed E-state index contributed by atoms with van der Waals surface area (Å²) in [5, 5.41) is 0. The van der Waals surface area contributed by atoms with E-state index in [1.807, 2.05) is 0 Å². The van der Waals surface area contributed by atoms with Crippen molar-refractivity contribution in [3.05, 3.63) is 71.8 Å². The number of alkyl halides is 6. The van der Waals surface area contributed by atoms with Crippen LogP contribution in [0.5, 0.6) is 0 Å². The zero-order valence-electron chi connectivity index (χ0n) is 10.4. The van der Waals surface area contributed by atoms with Gasteiger partial charge in [0.25, 0.3) is 0 Å². The molecular formula is C15H8F6. The molecule has 2 rings (SSSR count). The predicted molar refractivity (Wildman–Crippen MR) is 63.4 cm³/mol. The van der Waals surface area contributed by atoms with Crippen molar-refractivity contribution in [3.63, 3.8) is 0 Å². The van der Waals surface area contributed by atoms with E-state index in [-0.39, 0.29) is 0 Å². The Balaban J connectivity index is 2.87. The molecule has 0 N–H and O–H groups in total. The standard InChI is InChI=1S/C15H8F6/c16-14(17,18)13(15(19,20)21,11-7-3-1-4-8-11)12-9-5-2-6-10-12/h1-7,9H. The first-order valence-electron chi connectivity index (χ1n) is 5.79. The summed E-state index contributed by atoms with van der Waals surface area (Å²) in [5.41, 5.74) is -6.16. The van der Waals surface area contributed by atoms with Gasteiger partial charge in [-0.3, -0.25) is 0 Å². The second-order valence-electron chi connectivity index (χ2n) is 4.30. The van der Waals surface area contributed by atoms with E-state index in [1.54, 1.807) is 0 Å². The molecule has 6 heteroatoms. The third-order valence-corrected chi connectivity index (χ3v) is 3.08. The van der Waals surface area contributed by atoms with Crippen LogP contribution < -0.4 is 0 Å². The summed E-state index contributed by atoms with van der Waals surface area (Å²) < 4.78 is 80.9. The Hall–Kier alpha value is -1.98. The van der Waals surface area contributed by atoms with Gasteiger partial charge in [0.2, 0.25) is 5.41 Å². The van der Waals surface area contributed by atoms with E-state index >= 15 is 0 Å². The Morgan fingerprint density at radius 2 is 1.00 bits per heavy atom. The Labute approximate surface area is 117 Å². The maximum atomic E-state index is 13.5. The number of hydrogen-bond donors (Lipinski definition) is 0. The normalized spacial score (nSPS) is 13.2. The summed E-state index contributed by atoms with van der Waals surface area (Å²) in [6.07, 6.45) is -11.2. The van der Waals surface area contributed by atoms with Gasteiger partial charge in [-0.05, 0) is 23.3 Å². The third-order valence-electron chi connectivity index (χ3n) is 3.08. The van der Waals surface area contributed by atoms with Crippen LogP contribution in [-0.2, 0) is 5.41 Å². The van der Waals surface area contributed by atoms with Crippen molar-refractivity contribution in [2.24, 2.45) is 0 Å². The lowest BCUT2D eigenvalue weighted by Gasteiger charge is -2.37. The lowest BCUT2D eigenvalue weighted by atomic mass is 9.73. The Morgan fingerprint density at radius 1 is 0.619 bits per heavy atom. The average Bonchev–Trinajstić information content (AvgIpc) is 2.38. The van der Waals surface area contributed by atoms with E-state index in [4.69, 9.17) is 0 Å². The smallest absolute Gasteiger partial charge is 0.169 e. The highest BCUT2D eigenvalue weighted by Gasteiger charge is 2.72. The number of halogens is 6. The summed E-state index contributed by atoms with van der Waals surface area (Å²) in [6.45, 7) is 0. The molecule has 0 aliphatic rings. The molecule has 0 spiro atoms. The molecule has 0 bridgehead atoms. The molecule has 2 radical (unpaired) electrons. The highest BCUT2D eigenvalue weighted by molar-refractivity contribution is 5.42. The van der Waals surface area contributed by atoms with Gasteiger partial charge < -0.3 is 0 Å². The van der Waals surface area contributed by atoms with Crippen molar-refractivity contribution in [2.75, 3.05) is 0 Å². The second-order valence-corrected chi connectivity index (χ2v) is 4.30. The lowest BCUT2D eigenvalue weighted by Crippen LogP contribution is -2.54. The fraction of sp³-hybridized carbons (Fsp3) is 0.200. The van der Waals surface area contributed by atoms with Crippen LogP contribution in [0.15, 0.2) is 48.5 Å². The van der Waals surface area contributed by atoms with E-state index in [2.05, 4.69) is 12.1 Å². The van der Waals surface area contributed by atoms with Crippen molar-refractivity contribution in [3.8, 4) is 0 Å². The summed E-state index contributed by atoms with van der Waals surface area (Å²) >= 11 is 0. The Morgan fingerprint density at radius 3 is 1.24 bits per heavy atom. The second kappa shape index (κ2) is 5.09. The lowest BCUT2D eigenvalue weighted by molar-refractivity contribution is -0.288. The summed E-state index contributed by atoms with van der Waals surface area (Å²) in [5.74, 6) is 0. The maximum Gasteiger partial charge on any atom is 0.411 e. The van der Waals surface area contributed by atoms with E-state index < -0.39 is 28.9 Å². The summed E-state index contributed by atoms with van der Waals surface area (Å²) in [4.78, 5) is 0. The van der Waals surface area contributed by atoms with Crippen molar-refractivity contribution in [2.45, 2.75) is 17.8 Å². The van der Waals surface area contributed by atoms with Gasteiger partial charge in [0.05, 0.1) is 0 Å². The number of hydrogen-bond acceptors (Lipinski definition) is 0.